The number of halogens is 3. The second-order valence-corrected chi connectivity index (χ2v) is 10.2. The van der Waals surface area contributed by atoms with Gasteiger partial charge >= 0.3 is 5.97 Å². The molecule has 1 aliphatic carbocycles. The summed E-state index contributed by atoms with van der Waals surface area (Å²) in [6.07, 6.45) is 1.97. The van der Waals surface area contributed by atoms with Crippen LogP contribution in [-0.4, -0.2) is 5.97 Å². The van der Waals surface area contributed by atoms with Gasteiger partial charge in [-0.1, -0.05) is 56.3 Å². The molecule has 2 unspecified atom stereocenters. The summed E-state index contributed by atoms with van der Waals surface area (Å²) >= 11 is 6.69. The molecule has 0 saturated heterocycles. The summed E-state index contributed by atoms with van der Waals surface area (Å²) in [7, 11) is 0. The molecule has 5 heteroatoms. The van der Waals surface area contributed by atoms with Gasteiger partial charge in [-0.2, -0.15) is 0 Å². The topological polar surface area (TPSA) is 26.3 Å². The number of rotatable bonds is 5. The van der Waals surface area contributed by atoms with E-state index in [0.717, 1.165) is 20.1 Å². The van der Waals surface area contributed by atoms with Gasteiger partial charge in [0.2, 0.25) is 0 Å². The lowest BCUT2D eigenvalue weighted by molar-refractivity contribution is -0.147. The molecule has 2 atom stereocenters. The molecule has 0 radical (unpaired) electrons. The van der Waals surface area contributed by atoms with Gasteiger partial charge in [-0.3, -0.25) is 4.79 Å². The number of esters is 1. The third-order valence-corrected chi connectivity index (χ3v) is 5.98. The predicted octanol–water partition coefficient (Wildman–Crippen LogP) is 6.75. The van der Waals surface area contributed by atoms with Crippen molar-refractivity contribution in [3.8, 4) is 11.1 Å². The van der Waals surface area contributed by atoms with Crippen LogP contribution in [0.3, 0.4) is 0 Å². The molecule has 0 N–H and O–H groups in total. The fourth-order valence-electron chi connectivity index (χ4n) is 3.64. The van der Waals surface area contributed by atoms with Gasteiger partial charge < -0.3 is 4.74 Å². The smallest absolute Gasteiger partial charge is 0.310 e. The van der Waals surface area contributed by atoms with E-state index in [-0.39, 0.29) is 35.6 Å². The Morgan fingerprint density at radius 1 is 1.19 bits per heavy atom. The summed E-state index contributed by atoms with van der Waals surface area (Å²) in [5.41, 5.74) is 3.02. The molecule has 0 spiro atoms. The van der Waals surface area contributed by atoms with Crippen molar-refractivity contribution >= 4 is 37.8 Å². The van der Waals surface area contributed by atoms with Gasteiger partial charge in [-0.05, 0) is 72.9 Å². The molecule has 2 aromatic carbocycles. The van der Waals surface area contributed by atoms with Crippen molar-refractivity contribution in [1.82, 2.24) is 0 Å². The third-order valence-electron chi connectivity index (χ3n) is 5.46. The zero-order valence-corrected chi connectivity index (χ0v) is 18.6. The van der Waals surface area contributed by atoms with E-state index < -0.39 is 0 Å². The van der Waals surface area contributed by atoms with Crippen molar-refractivity contribution in [3.63, 3.8) is 0 Å². The number of hydrogen-bond donors (Lipinski definition) is 0. The minimum atomic E-state index is -0.352. The Kier molecular flexibility index (Phi) is 5.92. The second-order valence-electron chi connectivity index (χ2n) is 7.45. The summed E-state index contributed by atoms with van der Waals surface area (Å²) in [5, 5.41) is 0. The molecule has 0 aromatic heterocycles. The van der Waals surface area contributed by atoms with E-state index in [0.29, 0.717) is 5.56 Å². The Hall–Kier alpha value is -1.46. The molecule has 0 aliphatic heterocycles. The van der Waals surface area contributed by atoms with Crippen LogP contribution in [0.4, 0.5) is 4.39 Å². The van der Waals surface area contributed by atoms with Crippen LogP contribution in [0.25, 0.3) is 11.1 Å². The summed E-state index contributed by atoms with van der Waals surface area (Å²) in [6.45, 7) is 5.87. The minimum Gasteiger partial charge on any atom is -0.460 e. The zero-order valence-electron chi connectivity index (χ0n) is 15.4. The first-order valence-corrected chi connectivity index (χ1v) is 10.3. The van der Waals surface area contributed by atoms with Crippen LogP contribution < -0.4 is 0 Å². The molecule has 1 saturated carbocycles. The maximum Gasteiger partial charge on any atom is 0.310 e. The summed E-state index contributed by atoms with van der Waals surface area (Å²) in [4.78, 5) is 12.6. The molecule has 142 valence electrons. The SMILES string of the molecule is Cc1c(-c2ccccc2)ccc(F)c1COC(=O)C1C(C=C(Br)Br)C1(C)C. The van der Waals surface area contributed by atoms with Crippen LogP contribution in [0, 0.1) is 30.0 Å². The van der Waals surface area contributed by atoms with Gasteiger partial charge in [0, 0.05) is 5.56 Å². The lowest BCUT2D eigenvalue weighted by atomic mass is 9.96. The minimum absolute atomic E-state index is 0.0599. The highest BCUT2D eigenvalue weighted by molar-refractivity contribution is 9.28. The molecule has 0 heterocycles. The van der Waals surface area contributed by atoms with Crippen molar-refractivity contribution in [2.24, 2.45) is 17.3 Å². The normalized spacial score (nSPS) is 20.1. The molecule has 3 rings (SSSR count). The Balaban J connectivity index is 1.77. The lowest BCUT2D eigenvalue weighted by Crippen LogP contribution is -2.12. The molecule has 2 aromatic rings. The van der Waals surface area contributed by atoms with Gasteiger partial charge in [-0.15, -0.1) is 0 Å². The second kappa shape index (κ2) is 7.88. The molecule has 0 amide bonds. The third kappa shape index (κ3) is 4.19. The molecular weight excluding hydrogens is 475 g/mol. The summed E-state index contributed by atoms with van der Waals surface area (Å²) < 4.78 is 20.7. The van der Waals surface area contributed by atoms with Crippen LogP contribution in [0.5, 0.6) is 0 Å². The van der Waals surface area contributed by atoms with E-state index in [1.807, 2.05) is 57.2 Å². The molecule has 27 heavy (non-hydrogen) atoms. The largest absolute Gasteiger partial charge is 0.460 e. The van der Waals surface area contributed by atoms with Crippen molar-refractivity contribution in [1.29, 1.82) is 0 Å². The zero-order chi connectivity index (χ0) is 19.8. The molecular formula is C22H21Br2FO2. The Bertz CT molecular complexity index is 887. The monoisotopic (exact) mass is 494 g/mol. The number of hydrogen-bond acceptors (Lipinski definition) is 2. The molecule has 0 bridgehead atoms. The lowest BCUT2D eigenvalue weighted by Gasteiger charge is -2.13. The van der Waals surface area contributed by atoms with Gasteiger partial charge in [0.1, 0.15) is 12.4 Å². The van der Waals surface area contributed by atoms with E-state index in [9.17, 15) is 9.18 Å². The fraction of sp³-hybridized carbons (Fsp3) is 0.318. The highest BCUT2D eigenvalue weighted by Gasteiger charge is 2.61. The Morgan fingerprint density at radius 2 is 1.85 bits per heavy atom. The standard InChI is InChI=1S/C22H21Br2FO2/c1-13-15(14-7-5-4-6-8-14)9-10-18(25)16(13)12-27-21(26)20-17(11-19(23)24)22(20,2)3/h4-11,17,20H,12H2,1-3H3. The van der Waals surface area contributed by atoms with Gasteiger partial charge in [0.05, 0.1) is 9.31 Å². The van der Waals surface area contributed by atoms with Gasteiger partial charge in [-0.25, -0.2) is 4.39 Å². The van der Waals surface area contributed by atoms with E-state index in [2.05, 4.69) is 31.9 Å². The maximum atomic E-state index is 14.4. The van der Waals surface area contributed by atoms with Crippen molar-refractivity contribution in [2.75, 3.05) is 0 Å². The van der Waals surface area contributed by atoms with Crippen molar-refractivity contribution < 1.29 is 13.9 Å². The fourth-order valence-corrected chi connectivity index (χ4v) is 4.21. The van der Waals surface area contributed by atoms with Crippen molar-refractivity contribution in [2.45, 2.75) is 27.4 Å². The van der Waals surface area contributed by atoms with E-state index in [1.165, 1.54) is 6.07 Å². The van der Waals surface area contributed by atoms with Crippen LogP contribution in [-0.2, 0) is 16.1 Å². The molecule has 1 fully saturated rings. The number of allylic oxidation sites excluding steroid dienone is 1. The van der Waals surface area contributed by atoms with Crippen LogP contribution in [0.1, 0.15) is 25.0 Å². The summed E-state index contributed by atoms with van der Waals surface area (Å²) in [5.74, 6) is -0.760. The Labute approximate surface area is 176 Å². The van der Waals surface area contributed by atoms with E-state index in [4.69, 9.17) is 4.74 Å². The first kappa shape index (κ1) is 20.3. The van der Waals surface area contributed by atoms with Crippen LogP contribution in [0.15, 0.2) is 51.9 Å². The molecule has 1 aliphatic rings. The van der Waals surface area contributed by atoms with Crippen molar-refractivity contribution in [3.05, 3.63) is 68.9 Å². The maximum absolute atomic E-state index is 14.4. The highest BCUT2D eigenvalue weighted by Crippen LogP contribution is 2.60. The number of carbonyl (C=O) groups excluding carboxylic acids is 1. The molecule has 2 nitrogen and oxygen atoms in total. The van der Waals surface area contributed by atoms with Gasteiger partial charge in [0.15, 0.2) is 0 Å². The first-order chi connectivity index (χ1) is 12.7. The van der Waals surface area contributed by atoms with Gasteiger partial charge in [0.25, 0.3) is 0 Å². The first-order valence-electron chi connectivity index (χ1n) is 8.76. The number of ether oxygens (including phenoxy) is 1. The number of benzene rings is 2. The van der Waals surface area contributed by atoms with Crippen LogP contribution >= 0.6 is 31.9 Å². The van der Waals surface area contributed by atoms with E-state index in [1.54, 1.807) is 6.07 Å². The summed E-state index contributed by atoms with van der Waals surface area (Å²) in [6, 6.07) is 13.0. The van der Waals surface area contributed by atoms with E-state index >= 15 is 0 Å². The quantitative estimate of drug-likeness (QED) is 0.429. The average Bonchev–Trinajstić information content (AvgIpc) is 3.14. The van der Waals surface area contributed by atoms with Crippen LogP contribution in [0.2, 0.25) is 0 Å². The number of carbonyl (C=O) groups is 1. The average molecular weight is 496 g/mol. The predicted molar refractivity (Wildman–Crippen MR) is 113 cm³/mol. The highest BCUT2D eigenvalue weighted by atomic mass is 79.9. The Morgan fingerprint density at radius 3 is 2.48 bits per heavy atom.